The molecule has 0 heterocycles. The summed E-state index contributed by atoms with van der Waals surface area (Å²) < 4.78 is 38.0. The fraction of sp³-hybridized carbons (Fsp3) is 0.444. The molecule has 1 aromatic rings. The molecule has 0 spiro atoms. The van der Waals surface area contributed by atoms with Gasteiger partial charge in [-0.1, -0.05) is 43.7 Å². The summed E-state index contributed by atoms with van der Waals surface area (Å²) in [7, 11) is 0. The topological polar surface area (TPSA) is 40.9 Å². The van der Waals surface area contributed by atoms with Crippen molar-refractivity contribution in [1.29, 1.82) is 5.26 Å². The number of nitrogens with zero attached hydrogens (tertiary/aromatic N) is 1. The van der Waals surface area contributed by atoms with Gasteiger partial charge in [-0.15, -0.1) is 0 Å². The van der Waals surface area contributed by atoms with Gasteiger partial charge in [-0.05, 0) is 36.6 Å². The summed E-state index contributed by atoms with van der Waals surface area (Å²) >= 11 is -0.224. The lowest BCUT2D eigenvalue weighted by molar-refractivity contribution is -0.118. The van der Waals surface area contributed by atoms with Crippen molar-refractivity contribution in [3.05, 3.63) is 46.4 Å². The number of hydrogen-bond acceptors (Lipinski definition) is 3. The molecule has 130 valence electrons. The molecule has 0 bridgehead atoms. The lowest BCUT2D eigenvalue weighted by Crippen LogP contribution is -2.05. The molecule has 0 aliphatic rings. The summed E-state index contributed by atoms with van der Waals surface area (Å²) in [6.45, 7) is 1.88. The Kier molecular flexibility index (Phi) is 8.62. The zero-order valence-corrected chi connectivity index (χ0v) is 14.3. The van der Waals surface area contributed by atoms with Crippen LogP contribution in [-0.4, -0.2) is 11.3 Å². The van der Waals surface area contributed by atoms with E-state index in [1.165, 1.54) is 0 Å². The SMILES string of the molecule is CCCC/C(SC(F)(F)F)=C(\C#N)CCC(=O)Cc1ccccc1. The predicted octanol–water partition coefficient (Wildman–Crippen LogP) is 5.80. The van der Waals surface area contributed by atoms with Gasteiger partial charge in [-0.2, -0.15) is 18.4 Å². The molecule has 0 saturated heterocycles. The number of ketones is 1. The van der Waals surface area contributed by atoms with Crippen molar-refractivity contribution in [3.8, 4) is 6.07 Å². The first kappa shape index (κ1) is 20.3. The number of hydrogen-bond donors (Lipinski definition) is 0. The monoisotopic (exact) mass is 355 g/mol. The van der Waals surface area contributed by atoms with Crippen molar-refractivity contribution < 1.29 is 18.0 Å². The van der Waals surface area contributed by atoms with Crippen LogP contribution in [0, 0.1) is 11.3 Å². The Bertz CT molecular complexity index is 603. The number of carbonyl (C=O) groups excluding carboxylic acids is 1. The van der Waals surface area contributed by atoms with Crippen molar-refractivity contribution in [3.63, 3.8) is 0 Å². The van der Waals surface area contributed by atoms with Crippen molar-refractivity contribution >= 4 is 17.5 Å². The highest BCUT2D eigenvalue weighted by Crippen LogP contribution is 2.40. The van der Waals surface area contributed by atoms with Gasteiger partial charge in [0, 0.05) is 23.3 Å². The van der Waals surface area contributed by atoms with Crippen LogP contribution in [-0.2, 0) is 11.2 Å². The van der Waals surface area contributed by atoms with Gasteiger partial charge in [0.1, 0.15) is 5.78 Å². The van der Waals surface area contributed by atoms with Crippen LogP contribution in [0.2, 0.25) is 0 Å². The fourth-order valence-corrected chi connectivity index (χ4v) is 2.97. The van der Waals surface area contributed by atoms with Crippen LogP contribution < -0.4 is 0 Å². The highest BCUT2D eigenvalue weighted by molar-refractivity contribution is 8.03. The zero-order valence-electron chi connectivity index (χ0n) is 13.5. The van der Waals surface area contributed by atoms with E-state index in [9.17, 15) is 23.2 Å². The average molecular weight is 355 g/mol. The second-order valence-corrected chi connectivity index (χ2v) is 6.53. The number of benzene rings is 1. The van der Waals surface area contributed by atoms with Gasteiger partial charge in [0.2, 0.25) is 0 Å². The number of Topliss-reactive ketones (excluding diaryl/α,β-unsaturated/α-hetero) is 1. The molecule has 0 amide bonds. The van der Waals surface area contributed by atoms with Gasteiger partial charge in [0.05, 0.1) is 6.07 Å². The van der Waals surface area contributed by atoms with Gasteiger partial charge >= 0.3 is 5.51 Å². The van der Waals surface area contributed by atoms with Crippen LogP contribution in [0.4, 0.5) is 13.2 Å². The Balaban J connectivity index is 2.73. The summed E-state index contributed by atoms with van der Waals surface area (Å²) in [5.74, 6) is -0.0826. The van der Waals surface area contributed by atoms with E-state index in [1.807, 2.05) is 43.3 Å². The second kappa shape index (κ2) is 10.2. The summed E-state index contributed by atoms with van der Waals surface area (Å²) in [6.07, 6.45) is 1.91. The molecular formula is C18H20F3NOS. The standard InChI is InChI=1S/C18H20F3NOS/c1-2-3-9-17(24-18(19,20)21)15(13-22)10-11-16(23)12-14-7-5-4-6-8-14/h4-8H,2-3,9-12H2,1H3/b17-15+. The second-order valence-electron chi connectivity index (χ2n) is 5.37. The van der Waals surface area contributed by atoms with E-state index in [1.54, 1.807) is 0 Å². The molecule has 0 N–H and O–H groups in total. The number of rotatable bonds is 9. The molecule has 0 saturated carbocycles. The maximum atomic E-state index is 12.7. The van der Waals surface area contributed by atoms with Crippen molar-refractivity contribution in [2.45, 2.75) is 51.0 Å². The van der Waals surface area contributed by atoms with E-state index in [0.29, 0.717) is 6.42 Å². The number of halogens is 3. The minimum Gasteiger partial charge on any atom is -0.299 e. The van der Waals surface area contributed by atoms with Crippen LogP contribution in [0.1, 0.15) is 44.6 Å². The smallest absolute Gasteiger partial charge is 0.299 e. The summed E-state index contributed by atoms with van der Waals surface area (Å²) in [5, 5.41) is 9.20. The molecule has 0 radical (unpaired) electrons. The lowest BCUT2D eigenvalue weighted by atomic mass is 10.0. The van der Waals surface area contributed by atoms with Gasteiger partial charge in [0.15, 0.2) is 0 Å². The molecule has 0 aliphatic heterocycles. The van der Waals surface area contributed by atoms with Crippen LogP contribution in [0.5, 0.6) is 0 Å². The van der Waals surface area contributed by atoms with Gasteiger partial charge in [0.25, 0.3) is 0 Å². The molecule has 0 fully saturated rings. The number of allylic oxidation sites excluding steroid dienone is 2. The first-order valence-electron chi connectivity index (χ1n) is 7.79. The average Bonchev–Trinajstić information content (AvgIpc) is 2.52. The van der Waals surface area contributed by atoms with Crippen molar-refractivity contribution in [2.75, 3.05) is 0 Å². The Morgan fingerprint density at radius 3 is 2.38 bits per heavy atom. The van der Waals surface area contributed by atoms with Crippen LogP contribution in [0.3, 0.4) is 0 Å². The van der Waals surface area contributed by atoms with E-state index >= 15 is 0 Å². The van der Waals surface area contributed by atoms with Gasteiger partial charge < -0.3 is 0 Å². The van der Waals surface area contributed by atoms with E-state index in [2.05, 4.69) is 0 Å². The van der Waals surface area contributed by atoms with Crippen LogP contribution in [0.15, 0.2) is 40.8 Å². The molecule has 0 aromatic heterocycles. The Hall–Kier alpha value is -1.74. The van der Waals surface area contributed by atoms with E-state index < -0.39 is 5.51 Å². The number of thioether (sulfide) groups is 1. The molecular weight excluding hydrogens is 335 g/mol. The summed E-state index contributed by atoms with van der Waals surface area (Å²) in [4.78, 5) is 12.0. The Labute approximate surface area is 144 Å². The molecule has 0 atom stereocenters. The third kappa shape index (κ3) is 8.21. The minimum absolute atomic E-state index is 0.0411. The molecule has 0 unspecified atom stereocenters. The molecule has 2 nitrogen and oxygen atoms in total. The highest BCUT2D eigenvalue weighted by Gasteiger charge is 2.31. The Morgan fingerprint density at radius 1 is 1.17 bits per heavy atom. The summed E-state index contributed by atoms with van der Waals surface area (Å²) in [6, 6.07) is 11.0. The predicted molar refractivity (Wildman–Crippen MR) is 90.2 cm³/mol. The normalized spacial score (nSPS) is 12.5. The Morgan fingerprint density at radius 2 is 1.83 bits per heavy atom. The van der Waals surface area contributed by atoms with Crippen LogP contribution in [0.25, 0.3) is 0 Å². The number of carbonyl (C=O) groups is 1. The van der Waals surface area contributed by atoms with E-state index in [-0.39, 0.29) is 53.7 Å². The van der Waals surface area contributed by atoms with E-state index in [0.717, 1.165) is 12.0 Å². The lowest BCUT2D eigenvalue weighted by Gasteiger charge is -2.12. The van der Waals surface area contributed by atoms with Crippen LogP contribution >= 0.6 is 11.8 Å². The van der Waals surface area contributed by atoms with Crippen molar-refractivity contribution in [1.82, 2.24) is 0 Å². The maximum Gasteiger partial charge on any atom is 0.446 e. The molecule has 1 aromatic carbocycles. The molecule has 6 heteroatoms. The molecule has 1 rings (SSSR count). The third-order valence-corrected chi connectivity index (χ3v) is 4.29. The number of alkyl halides is 3. The van der Waals surface area contributed by atoms with E-state index in [4.69, 9.17) is 0 Å². The molecule has 0 aliphatic carbocycles. The quantitative estimate of drug-likeness (QED) is 0.526. The number of unbranched alkanes of at least 4 members (excludes halogenated alkanes) is 1. The largest absolute Gasteiger partial charge is 0.446 e. The third-order valence-electron chi connectivity index (χ3n) is 3.37. The molecule has 24 heavy (non-hydrogen) atoms. The minimum atomic E-state index is -4.42. The van der Waals surface area contributed by atoms with Crippen molar-refractivity contribution in [2.24, 2.45) is 0 Å². The fourth-order valence-electron chi connectivity index (χ4n) is 2.17. The maximum absolute atomic E-state index is 12.7. The van der Waals surface area contributed by atoms with Gasteiger partial charge in [-0.3, -0.25) is 4.79 Å². The first-order valence-corrected chi connectivity index (χ1v) is 8.60. The highest BCUT2D eigenvalue weighted by atomic mass is 32.2. The first-order chi connectivity index (χ1) is 11.4. The number of nitriles is 1. The van der Waals surface area contributed by atoms with Gasteiger partial charge in [-0.25, -0.2) is 0 Å². The summed E-state index contributed by atoms with van der Waals surface area (Å²) in [5.41, 5.74) is -3.48. The zero-order chi connectivity index (χ0) is 18.0.